The Morgan fingerprint density at radius 3 is 2.18 bits per heavy atom. The van der Waals surface area contributed by atoms with E-state index >= 15 is 0 Å². The summed E-state index contributed by atoms with van der Waals surface area (Å²) in [5, 5.41) is 0. The zero-order valence-corrected chi connectivity index (χ0v) is 14.8. The average Bonchev–Trinajstić information content (AvgIpc) is 2.42. The lowest BCUT2D eigenvalue weighted by Crippen LogP contribution is -2.28. The van der Waals surface area contributed by atoms with Gasteiger partial charge in [0.2, 0.25) is 10.0 Å². The molecule has 0 saturated carbocycles. The summed E-state index contributed by atoms with van der Waals surface area (Å²) in [7, 11) is -3.64. The molecule has 0 saturated heterocycles. The molecule has 0 amide bonds. The van der Waals surface area contributed by atoms with Crippen LogP contribution in [-0.4, -0.2) is 27.5 Å². The first kappa shape index (κ1) is 18.6. The van der Waals surface area contributed by atoms with Crippen molar-refractivity contribution in [3.05, 3.63) is 28.3 Å². The van der Waals surface area contributed by atoms with E-state index in [1.807, 2.05) is 26.8 Å². The van der Waals surface area contributed by atoms with Crippen LogP contribution in [0.3, 0.4) is 0 Å². The fraction of sp³-hybridized carbons (Fsp3) is 0.562. The van der Waals surface area contributed by atoms with Crippen LogP contribution in [0.15, 0.2) is 11.0 Å². The Kier molecular flexibility index (Phi) is 6.56. The van der Waals surface area contributed by atoms with E-state index in [1.54, 1.807) is 13.8 Å². The summed E-state index contributed by atoms with van der Waals surface area (Å²) in [5.74, 6) is -0.390. The Morgan fingerprint density at radius 2 is 1.68 bits per heavy atom. The maximum Gasteiger partial charge on any atom is 0.307 e. The van der Waals surface area contributed by atoms with Crippen LogP contribution >= 0.6 is 0 Å². The van der Waals surface area contributed by atoms with Crippen molar-refractivity contribution in [3.8, 4) is 0 Å². The monoisotopic (exact) mass is 327 g/mol. The first-order chi connectivity index (χ1) is 10.2. The number of benzene rings is 1. The SMILES string of the molecule is CCCOC(=O)CCNS(=O)(=O)c1c(C)c(C)cc(C)c1C. The van der Waals surface area contributed by atoms with Crippen LogP contribution in [0.1, 0.15) is 42.0 Å². The van der Waals surface area contributed by atoms with Gasteiger partial charge >= 0.3 is 5.97 Å². The van der Waals surface area contributed by atoms with Crippen LogP contribution in [-0.2, 0) is 19.6 Å². The van der Waals surface area contributed by atoms with E-state index in [-0.39, 0.29) is 13.0 Å². The highest BCUT2D eigenvalue weighted by atomic mass is 32.2. The van der Waals surface area contributed by atoms with Gasteiger partial charge in [0.05, 0.1) is 17.9 Å². The Hall–Kier alpha value is -1.40. The van der Waals surface area contributed by atoms with Gasteiger partial charge in [-0.3, -0.25) is 4.79 Å². The van der Waals surface area contributed by atoms with E-state index in [9.17, 15) is 13.2 Å². The van der Waals surface area contributed by atoms with E-state index in [4.69, 9.17) is 4.74 Å². The van der Waals surface area contributed by atoms with E-state index in [1.165, 1.54) is 0 Å². The molecule has 22 heavy (non-hydrogen) atoms. The van der Waals surface area contributed by atoms with Gasteiger partial charge < -0.3 is 4.74 Å². The Morgan fingerprint density at radius 1 is 1.14 bits per heavy atom. The van der Waals surface area contributed by atoms with Crippen LogP contribution in [0, 0.1) is 27.7 Å². The zero-order chi connectivity index (χ0) is 16.9. The molecule has 0 radical (unpaired) electrons. The van der Waals surface area contributed by atoms with Crippen molar-refractivity contribution in [2.24, 2.45) is 0 Å². The summed E-state index contributed by atoms with van der Waals surface area (Å²) in [6.07, 6.45) is 0.778. The van der Waals surface area contributed by atoms with Gasteiger partial charge in [-0.25, -0.2) is 13.1 Å². The average molecular weight is 327 g/mol. The topological polar surface area (TPSA) is 72.5 Å². The van der Waals surface area contributed by atoms with Gasteiger partial charge in [0.1, 0.15) is 0 Å². The molecule has 1 aromatic carbocycles. The molecule has 1 aromatic rings. The molecule has 0 aromatic heterocycles. The third kappa shape index (κ3) is 4.55. The van der Waals surface area contributed by atoms with Crippen molar-refractivity contribution in [2.75, 3.05) is 13.2 Å². The number of sulfonamides is 1. The number of hydrogen-bond acceptors (Lipinski definition) is 4. The third-order valence-electron chi connectivity index (χ3n) is 3.65. The Balaban J connectivity index is 2.86. The van der Waals surface area contributed by atoms with E-state index < -0.39 is 16.0 Å². The molecule has 0 fully saturated rings. The minimum absolute atomic E-state index is 0.0299. The van der Waals surface area contributed by atoms with E-state index in [0.717, 1.165) is 28.7 Å². The predicted octanol–water partition coefficient (Wildman–Crippen LogP) is 2.54. The fourth-order valence-corrected chi connectivity index (χ4v) is 3.87. The number of esters is 1. The van der Waals surface area contributed by atoms with Gasteiger partial charge in [-0.1, -0.05) is 13.0 Å². The maximum atomic E-state index is 12.5. The number of nitrogens with one attached hydrogen (secondary N) is 1. The predicted molar refractivity (Wildman–Crippen MR) is 86.4 cm³/mol. The minimum atomic E-state index is -3.64. The summed E-state index contributed by atoms with van der Waals surface area (Å²) in [4.78, 5) is 11.7. The van der Waals surface area contributed by atoms with Crippen molar-refractivity contribution in [1.82, 2.24) is 4.72 Å². The number of hydrogen-bond donors (Lipinski definition) is 1. The summed E-state index contributed by atoms with van der Waals surface area (Å²) in [6.45, 7) is 9.68. The fourth-order valence-electron chi connectivity index (χ4n) is 2.23. The molecule has 5 nitrogen and oxygen atoms in total. The number of carbonyl (C=O) groups is 1. The molecule has 1 N–H and O–H groups in total. The van der Waals surface area contributed by atoms with Crippen molar-refractivity contribution < 1.29 is 17.9 Å². The molecule has 0 bridgehead atoms. The number of carbonyl (C=O) groups excluding carboxylic acids is 1. The van der Waals surface area contributed by atoms with E-state index in [2.05, 4.69) is 4.72 Å². The second-order valence-electron chi connectivity index (χ2n) is 5.46. The van der Waals surface area contributed by atoms with Crippen LogP contribution < -0.4 is 4.72 Å². The van der Waals surface area contributed by atoms with Gasteiger partial charge in [0.15, 0.2) is 0 Å². The first-order valence-electron chi connectivity index (χ1n) is 7.43. The van der Waals surface area contributed by atoms with Gasteiger partial charge in [0.25, 0.3) is 0 Å². The molecule has 0 atom stereocenters. The zero-order valence-electron chi connectivity index (χ0n) is 13.9. The van der Waals surface area contributed by atoms with Crippen LogP contribution in [0.25, 0.3) is 0 Å². The molecule has 0 aliphatic carbocycles. The number of aryl methyl sites for hydroxylation is 2. The molecule has 1 rings (SSSR count). The van der Waals surface area contributed by atoms with Gasteiger partial charge in [0, 0.05) is 6.54 Å². The highest BCUT2D eigenvalue weighted by Crippen LogP contribution is 2.25. The van der Waals surface area contributed by atoms with Crippen LogP contribution in [0.2, 0.25) is 0 Å². The van der Waals surface area contributed by atoms with Crippen molar-refractivity contribution in [2.45, 2.75) is 52.4 Å². The smallest absolute Gasteiger partial charge is 0.307 e. The summed E-state index contributed by atoms with van der Waals surface area (Å²) < 4.78 is 32.4. The Bertz CT molecular complexity index is 624. The third-order valence-corrected chi connectivity index (χ3v) is 5.39. The van der Waals surface area contributed by atoms with Crippen LogP contribution in [0.5, 0.6) is 0 Å². The highest BCUT2D eigenvalue weighted by molar-refractivity contribution is 7.89. The lowest BCUT2D eigenvalue weighted by Gasteiger charge is -2.16. The molecule has 0 aliphatic rings. The van der Waals surface area contributed by atoms with Crippen molar-refractivity contribution in [3.63, 3.8) is 0 Å². The minimum Gasteiger partial charge on any atom is -0.466 e. The standard InChI is InChI=1S/C16H25NO4S/c1-6-9-21-15(18)7-8-17-22(19,20)16-13(4)11(2)10-12(3)14(16)5/h10,17H,6-9H2,1-5H3. The van der Waals surface area contributed by atoms with Gasteiger partial charge in [-0.05, 0) is 56.4 Å². The first-order valence-corrected chi connectivity index (χ1v) is 8.91. The van der Waals surface area contributed by atoms with E-state index in [0.29, 0.717) is 11.5 Å². The largest absolute Gasteiger partial charge is 0.466 e. The molecule has 0 aliphatic heterocycles. The normalized spacial score (nSPS) is 11.5. The molecule has 124 valence electrons. The lowest BCUT2D eigenvalue weighted by atomic mass is 10.0. The quantitative estimate of drug-likeness (QED) is 0.781. The summed E-state index contributed by atoms with van der Waals surface area (Å²) in [6, 6.07) is 1.98. The highest BCUT2D eigenvalue weighted by Gasteiger charge is 2.22. The molecular weight excluding hydrogens is 302 g/mol. The molecule has 0 heterocycles. The number of ether oxygens (including phenoxy) is 1. The molecule has 0 unspecified atom stereocenters. The second kappa shape index (κ2) is 7.74. The Labute approximate surface area is 133 Å². The number of rotatable bonds is 7. The van der Waals surface area contributed by atoms with Crippen LogP contribution in [0.4, 0.5) is 0 Å². The second-order valence-corrected chi connectivity index (χ2v) is 7.16. The molecule has 0 spiro atoms. The van der Waals surface area contributed by atoms with Gasteiger partial charge in [-0.2, -0.15) is 0 Å². The van der Waals surface area contributed by atoms with Crippen molar-refractivity contribution >= 4 is 16.0 Å². The molecular formula is C16H25NO4S. The maximum absolute atomic E-state index is 12.5. The molecule has 6 heteroatoms. The van der Waals surface area contributed by atoms with Crippen molar-refractivity contribution in [1.29, 1.82) is 0 Å². The summed E-state index contributed by atoms with van der Waals surface area (Å²) in [5.41, 5.74) is 3.35. The lowest BCUT2D eigenvalue weighted by molar-refractivity contribution is -0.143. The van der Waals surface area contributed by atoms with Gasteiger partial charge in [-0.15, -0.1) is 0 Å². The summed E-state index contributed by atoms with van der Waals surface area (Å²) >= 11 is 0.